The molecule has 126 valence electrons. The highest BCUT2D eigenvalue weighted by Crippen LogP contribution is 2.31. The first-order valence-electron chi connectivity index (χ1n) is 6.63. The maximum atomic E-state index is 12.4. The fraction of sp³-hybridized carbons (Fsp3) is 0.462. The molecule has 1 aromatic rings. The number of nitro benzene ring substituents is 1. The Hall–Kier alpha value is -2.52. The Morgan fingerprint density at radius 1 is 1.48 bits per heavy atom. The van der Waals surface area contributed by atoms with Gasteiger partial charge in [-0.3, -0.25) is 14.9 Å². The number of nitro groups is 1. The fourth-order valence-electron chi connectivity index (χ4n) is 2.39. The van der Waals surface area contributed by atoms with Gasteiger partial charge in [0.1, 0.15) is 6.54 Å². The normalized spacial score (nSPS) is 18.2. The molecule has 0 radical (unpaired) electrons. The van der Waals surface area contributed by atoms with E-state index in [1.807, 2.05) is 0 Å². The second kappa shape index (κ2) is 6.31. The van der Waals surface area contributed by atoms with E-state index in [-0.39, 0.29) is 24.4 Å². The van der Waals surface area contributed by atoms with Crippen LogP contribution >= 0.6 is 0 Å². The van der Waals surface area contributed by atoms with Gasteiger partial charge in [-0.15, -0.1) is 0 Å². The van der Waals surface area contributed by atoms with Crippen molar-refractivity contribution in [3.63, 3.8) is 0 Å². The van der Waals surface area contributed by atoms with Gasteiger partial charge in [0, 0.05) is 30.8 Å². The number of hydrogen-bond donors (Lipinski definition) is 1. The predicted octanol–water partition coefficient (Wildman–Crippen LogP) is 2.18. The molecule has 1 unspecified atom stereocenters. The summed E-state index contributed by atoms with van der Waals surface area (Å²) in [5.74, 6) is -0.565. The van der Waals surface area contributed by atoms with E-state index in [0.717, 1.165) is 4.90 Å². The van der Waals surface area contributed by atoms with E-state index in [9.17, 15) is 28.1 Å². The van der Waals surface area contributed by atoms with E-state index in [0.29, 0.717) is 5.69 Å². The molecule has 1 aromatic carbocycles. The molecule has 1 amide bonds. The highest BCUT2D eigenvalue weighted by molar-refractivity contribution is 5.80. The van der Waals surface area contributed by atoms with Crippen LogP contribution in [0.25, 0.3) is 0 Å². The Bertz CT molecular complexity index is 621. The number of carbonyl (C=O) groups is 1. The molecule has 7 nitrogen and oxygen atoms in total. The van der Waals surface area contributed by atoms with Crippen molar-refractivity contribution in [1.29, 1.82) is 0 Å². The molecule has 0 bridgehead atoms. The number of halogens is 3. The molecular weight excluding hydrogens is 319 g/mol. The molecule has 1 aliphatic rings. The van der Waals surface area contributed by atoms with Crippen LogP contribution in [0, 0.1) is 10.1 Å². The summed E-state index contributed by atoms with van der Waals surface area (Å²) in [6.45, 7) is -1.37. The highest BCUT2D eigenvalue weighted by atomic mass is 19.4. The Labute approximate surface area is 129 Å². The van der Waals surface area contributed by atoms with Gasteiger partial charge in [-0.05, 0) is 6.07 Å². The molecule has 1 N–H and O–H groups in total. The molecule has 1 atom stereocenters. The van der Waals surface area contributed by atoms with Gasteiger partial charge in [0.2, 0.25) is 5.91 Å². The van der Waals surface area contributed by atoms with E-state index in [2.05, 4.69) is 5.32 Å². The number of benzene rings is 1. The average molecular weight is 333 g/mol. The average Bonchev–Trinajstić information content (AvgIpc) is 2.76. The Kier molecular flexibility index (Phi) is 4.62. The lowest BCUT2D eigenvalue weighted by molar-refractivity contribution is -0.385. The molecule has 0 saturated carbocycles. The first-order chi connectivity index (χ1) is 10.7. The van der Waals surface area contributed by atoms with Crippen LogP contribution in [0.2, 0.25) is 0 Å². The molecule has 2 rings (SSSR count). The van der Waals surface area contributed by atoms with Crippen LogP contribution in [0.4, 0.5) is 24.5 Å². The molecule has 10 heteroatoms. The summed E-state index contributed by atoms with van der Waals surface area (Å²) < 4.78 is 42.0. The first-order valence-corrected chi connectivity index (χ1v) is 6.63. The number of alkyl halides is 3. The number of carbonyl (C=O) groups excluding carboxylic acids is 1. The smallest absolute Gasteiger partial charge is 0.406 e. The number of rotatable bonds is 5. The zero-order valence-electron chi connectivity index (χ0n) is 12.1. The first kappa shape index (κ1) is 16.8. The van der Waals surface area contributed by atoms with Crippen molar-refractivity contribution in [1.82, 2.24) is 4.90 Å². The van der Waals surface area contributed by atoms with Gasteiger partial charge < -0.3 is 15.0 Å². The standard InChI is InChI=1S/C13H14F3N3O4/c1-23-11-4-8(2-3-10(11)19(21)22)17-9-5-12(20)18(6-9)7-13(14,15)16/h2-4,9,17H,5-7H2,1H3. The third-order valence-electron chi connectivity index (χ3n) is 3.33. The van der Waals surface area contributed by atoms with Crippen LogP contribution in [-0.4, -0.2) is 48.1 Å². The van der Waals surface area contributed by atoms with Crippen LogP contribution < -0.4 is 10.1 Å². The van der Waals surface area contributed by atoms with Gasteiger partial charge >= 0.3 is 11.9 Å². The summed E-state index contributed by atoms with van der Waals surface area (Å²) >= 11 is 0. The van der Waals surface area contributed by atoms with Gasteiger partial charge in [-0.1, -0.05) is 0 Å². The number of amides is 1. The summed E-state index contributed by atoms with van der Waals surface area (Å²) in [4.78, 5) is 22.5. The second-order valence-electron chi connectivity index (χ2n) is 5.08. The van der Waals surface area contributed by atoms with E-state index < -0.39 is 29.6 Å². The Balaban J connectivity index is 2.06. The van der Waals surface area contributed by atoms with Crippen molar-refractivity contribution in [2.24, 2.45) is 0 Å². The quantitative estimate of drug-likeness (QED) is 0.659. The SMILES string of the molecule is COc1cc(NC2CC(=O)N(CC(F)(F)F)C2)ccc1[N+](=O)[O-]. The zero-order chi connectivity index (χ0) is 17.2. The third kappa shape index (κ3) is 4.24. The molecule has 1 saturated heterocycles. The maximum absolute atomic E-state index is 12.4. The molecule has 0 aromatic heterocycles. The minimum Gasteiger partial charge on any atom is -0.490 e. The lowest BCUT2D eigenvalue weighted by atomic mass is 10.2. The number of hydrogen-bond acceptors (Lipinski definition) is 5. The van der Waals surface area contributed by atoms with Crippen LogP contribution in [-0.2, 0) is 4.79 Å². The number of likely N-dealkylation sites (tertiary alicyclic amines) is 1. The fourth-order valence-corrected chi connectivity index (χ4v) is 2.39. The highest BCUT2D eigenvalue weighted by Gasteiger charge is 2.38. The van der Waals surface area contributed by atoms with E-state index in [1.54, 1.807) is 0 Å². The number of methoxy groups -OCH3 is 1. The van der Waals surface area contributed by atoms with E-state index in [4.69, 9.17) is 4.74 Å². The third-order valence-corrected chi connectivity index (χ3v) is 3.33. The van der Waals surface area contributed by atoms with Crippen LogP contribution in [0.5, 0.6) is 5.75 Å². The molecule has 0 spiro atoms. The van der Waals surface area contributed by atoms with Crippen molar-refractivity contribution in [2.45, 2.75) is 18.6 Å². The summed E-state index contributed by atoms with van der Waals surface area (Å²) in [6, 6.07) is 3.51. The van der Waals surface area contributed by atoms with Crippen molar-refractivity contribution in [3.05, 3.63) is 28.3 Å². The van der Waals surface area contributed by atoms with E-state index >= 15 is 0 Å². The molecule has 1 heterocycles. The Morgan fingerprint density at radius 2 is 2.17 bits per heavy atom. The van der Waals surface area contributed by atoms with Gasteiger partial charge in [-0.2, -0.15) is 13.2 Å². The van der Waals surface area contributed by atoms with Gasteiger partial charge in [-0.25, -0.2) is 0 Å². The predicted molar refractivity (Wildman–Crippen MR) is 74.3 cm³/mol. The topological polar surface area (TPSA) is 84.7 Å². The van der Waals surface area contributed by atoms with Gasteiger partial charge in [0.15, 0.2) is 5.75 Å². The number of ether oxygens (including phenoxy) is 1. The largest absolute Gasteiger partial charge is 0.490 e. The van der Waals surface area contributed by atoms with Crippen molar-refractivity contribution < 1.29 is 27.6 Å². The molecule has 23 heavy (non-hydrogen) atoms. The van der Waals surface area contributed by atoms with Crippen LogP contribution in [0.3, 0.4) is 0 Å². The summed E-state index contributed by atoms with van der Waals surface area (Å²) in [7, 11) is 1.27. The summed E-state index contributed by atoms with van der Waals surface area (Å²) in [5, 5.41) is 13.7. The minimum absolute atomic E-state index is 0.0245. The Morgan fingerprint density at radius 3 is 2.74 bits per heavy atom. The summed E-state index contributed by atoms with van der Waals surface area (Å²) in [5.41, 5.74) is 0.207. The number of anilines is 1. The van der Waals surface area contributed by atoms with Crippen molar-refractivity contribution in [3.8, 4) is 5.75 Å². The zero-order valence-corrected chi connectivity index (χ0v) is 12.1. The van der Waals surface area contributed by atoms with Gasteiger partial charge in [0.05, 0.1) is 18.1 Å². The summed E-state index contributed by atoms with van der Waals surface area (Å²) in [6.07, 6.45) is -4.52. The molecule has 1 aliphatic heterocycles. The van der Waals surface area contributed by atoms with Gasteiger partial charge in [0.25, 0.3) is 0 Å². The van der Waals surface area contributed by atoms with Crippen LogP contribution in [0.15, 0.2) is 18.2 Å². The lowest BCUT2D eigenvalue weighted by Gasteiger charge is -2.19. The minimum atomic E-state index is -4.44. The number of nitrogens with zero attached hydrogens (tertiary/aromatic N) is 2. The van der Waals surface area contributed by atoms with Crippen molar-refractivity contribution in [2.75, 3.05) is 25.5 Å². The van der Waals surface area contributed by atoms with Crippen LogP contribution in [0.1, 0.15) is 6.42 Å². The maximum Gasteiger partial charge on any atom is 0.406 e. The monoisotopic (exact) mass is 333 g/mol. The molecule has 1 fully saturated rings. The second-order valence-corrected chi connectivity index (χ2v) is 5.08. The molecular formula is C13H14F3N3O4. The van der Waals surface area contributed by atoms with Crippen molar-refractivity contribution >= 4 is 17.3 Å². The lowest BCUT2D eigenvalue weighted by Crippen LogP contribution is -2.36. The van der Waals surface area contributed by atoms with E-state index in [1.165, 1.54) is 25.3 Å². The number of nitrogens with one attached hydrogen (secondary N) is 1. The molecule has 0 aliphatic carbocycles.